The Morgan fingerprint density at radius 1 is 0.782 bits per heavy atom. The third kappa shape index (κ3) is 11.6. The second-order valence-electron chi connectivity index (χ2n) is 14.6. The number of aliphatic carboxylic acids is 1. The predicted molar refractivity (Wildman–Crippen MR) is 216 cm³/mol. The predicted octanol–water partition coefficient (Wildman–Crippen LogP) is 8.16. The fourth-order valence-electron chi connectivity index (χ4n) is 5.96. The number of aliphatic hydroxyl groups excluding tert-OH is 1. The highest BCUT2D eigenvalue weighted by Crippen LogP contribution is 2.30. The van der Waals surface area contributed by atoms with Crippen LogP contribution in [0.15, 0.2) is 103 Å². The molecule has 5 rings (SSSR count). The number of amides is 2. The lowest BCUT2D eigenvalue weighted by atomic mass is 9.95. The number of thiophene rings is 1. The molecule has 0 fully saturated rings. The summed E-state index contributed by atoms with van der Waals surface area (Å²) in [5.74, 6) is -1.25. The van der Waals surface area contributed by atoms with Gasteiger partial charge in [0.15, 0.2) is 11.9 Å². The number of benzene rings is 3. The van der Waals surface area contributed by atoms with Crippen molar-refractivity contribution in [2.45, 2.75) is 89.8 Å². The summed E-state index contributed by atoms with van der Waals surface area (Å²) in [6.45, 7) is 9.07. The normalized spacial score (nSPS) is 13.0. The van der Waals surface area contributed by atoms with Crippen LogP contribution in [0.3, 0.4) is 0 Å². The number of hydrogen-bond acceptors (Lipinski definition) is 8. The number of unbranched alkanes of at least 4 members (excludes halogenated alkanes) is 4. The SMILES string of the molecule is CCCCCCCOc1ccc(-c2cnc(-c3ccc(C[C@H](NC(=O)c4ccc(C(C)(C)C)s4)C(=O)NC(C(=O)O)[C@@H](O)c4ccccc4)cc3)nc2)cc1. The Balaban J connectivity index is 1.27. The van der Waals surface area contributed by atoms with Crippen molar-refractivity contribution in [3.63, 3.8) is 0 Å². The monoisotopic (exact) mass is 762 g/mol. The molecule has 10 nitrogen and oxygen atoms in total. The molecule has 2 heterocycles. The van der Waals surface area contributed by atoms with Gasteiger partial charge in [-0.15, -0.1) is 11.3 Å². The minimum absolute atomic E-state index is 0.0570. The summed E-state index contributed by atoms with van der Waals surface area (Å²) in [6, 6.07) is 24.3. The van der Waals surface area contributed by atoms with Crippen LogP contribution in [0.1, 0.15) is 91.6 Å². The van der Waals surface area contributed by atoms with E-state index in [0.29, 0.717) is 28.4 Å². The van der Waals surface area contributed by atoms with Gasteiger partial charge in [0, 0.05) is 34.8 Å². The van der Waals surface area contributed by atoms with Gasteiger partial charge in [0.25, 0.3) is 5.91 Å². The average molecular weight is 763 g/mol. The Bertz CT molecular complexity index is 1990. The lowest BCUT2D eigenvalue weighted by molar-refractivity contribution is -0.145. The number of nitrogens with zero attached hydrogens (tertiary/aromatic N) is 2. The zero-order valence-electron chi connectivity index (χ0n) is 31.8. The second-order valence-corrected chi connectivity index (χ2v) is 15.7. The summed E-state index contributed by atoms with van der Waals surface area (Å²) >= 11 is 1.34. The largest absolute Gasteiger partial charge is 0.494 e. The number of carboxylic acids is 1. The Morgan fingerprint density at radius 3 is 2.05 bits per heavy atom. The molecule has 1 unspecified atom stereocenters. The number of carbonyl (C=O) groups excluding carboxylic acids is 2. The molecule has 0 saturated heterocycles. The first-order valence-electron chi connectivity index (χ1n) is 18.7. The first-order valence-corrected chi connectivity index (χ1v) is 19.6. The molecule has 3 aromatic carbocycles. The van der Waals surface area contributed by atoms with Crippen LogP contribution >= 0.6 is 11.3 Å². The van der Waals surface area contributed by atoms with Crippen molar-refractivity contribution >= 4 is 29.1 Å². The number of ether oxygens (including phenoxy) is 1. The highest BCUT2D eigenvalue weighted by atomic mass is 32.1. The van der Waals surface area contributed by atoms with Gasteiger partial charge in [0.2, 0.25) is 5.91 Å². The minimum atomic E-state index is -1.65. The quantitative estimate of drug-likeness (QED) is 0.0654. The van der Waals surface area contributed by atoms with Crippen LogP contribution < -0.4 is 15.4 Å². The third-order valence-corrected chi connectivity index (χ3v) is 10.7. The molecule has 3 atom stereocenters. The lowest BCUT2D eigenvalue weighted by Crippen LogP contribution is -2.54. The molecule has 0 spiro atoms. The van der Waals surface area contributed by atoms with Crippen LogP contribution in [0.2, 0.25) is 0 Å². The molecule has 0 radical (unpaired) electrons. The topological polar surface area (TPSA) is 151 Å². The molecular formula is C44H50N4O6S. The van der Waals surface area contributed by atoms with E-state index in [9.17, 15) is 24.6 Å². The number of carboxylic acid groups (broad SMARTS) is 1. The van der Waals surface area contributed by atoms with Crippen LogP contribution in [0.4, 0.5) is 0 Å². The fraction of sp³-hybridized carbons (Fsp3) is 0.341. The van der Waals surface area contributed by atoms with Crippen LogP contribution in [0.5, 0.6) is 5.75 Å². The van der Waals surface area contributed by atoms with E-state index in [0.717, 1.165) is 33.7 Å². The first-order chi connectivity index (χ1) is 26.4. The van der Waals surface area contributed by atoms with Gasteiger partial charge in [-0.1, -0.05) is 120 Å². The Labute approximate surface area is 327 Å². The standard InChI is InChI=1S/C44H50N4O6S/c1-5-6-7-8-12-25-54-34-21-19-30(20-22-34)33-27-45-40(46-28-33)32-17-15-29(16-18-32)26-35(47-42(51)36-23-24-37(55-36)44(2,3)4)41(50)48-38(43(52)53)39(49)31-13-10-9-11-14-31/h9-11,13-24,27-28,35,38-39,49H,5-8,12,25-26H2,1-4H3,(H,47,51)(H,48,50)(H,52,53)/t35-,38?,39-/m0/s1. The van der Waals surface area contributed by atoms with Crippen molar-refractivity contribution in [3.05, 3.63) is 124 Å². The Hall–Kier alpha value is -5.39. The van der Waals surface area contributed by atoms with Crippen molar-refractivity contribution in [2.75, 3.05) is 6.61 Å². The van der Waals surface area contributed by atoms with Gasteiger partial charge < -0.3 is 25.6 Å². The summed E-state index contributed by atoms with van der Waals surface area (Å²) in [4.78, 5) is 50.1. The van der Waals surface area contributed by atoms with Crippen molar-refractivity contribution in [1.29, 1.82) is 0 Å². The van der Waals surface area contributed by atoms with E-state index in [1.807, 2.05) is 54.6 Å². The van der Waals surface area contributed by atoms with E-state index in [-0.39, 0.29) is 11.8 Å². The Kier molecular flexibility index (Phi) is 14.3. The molecule has 0 aliphatic rings. The molecule has 0 saturated carbocycles. The zero-order valence-corrected chi connectivity index (χ0v) is 32.6. The molecule has 0 aliphatic heterocycles. The van der Waals surface area contributed by atoms with E-state index in [1.165, 1.54) is 37.0 Å². The van der Waals surface area contributed by atoms with Crippen molar-refractivity contribution < 1.29 is 29.3 Å². The molecule has 5 aromatic rings. The molecule has 2 amide bonds. The molecule has 4 N–H and O–H groups in total. The van der Waals surface area contributed by atoms with Gasteiger partial charge in [0.1, 0.15) is 17.9 Å². The summed E-state index contributed by atoms with van der Waals surface area (Å²) in [7, 11) is 0. The lowest BCUT2D eigenvalue weighted by Gasteiger charge is -2.24. The second kappa shape index (κ2) is 19.3. The number of nitrogens with one attached hydrogen (secondary N) is 2. The van der Waals surface area contributed by atoms with Crippen molar-refractivity contribution in [2.24, 2.45) is 0 Å². The van der Waals surface area contributed by atoms with E-state index in [2.05, 4.69) is 48.3 Å². The van der Waals surface area contributed by atoms with Crippen LogP contribution in [0.25, 0.3) is 22.5 Å². The fourth-order valence-corrected chi connectivity index (χ4v) is 6.93. The third-order valence-electron chi connectivity index (χ3n) is 9.22. The van der Waals surface area contributed by atoms with E-state index < -0.39 is 36.0 Å². The van der Waals surface area contributed by atoms with E-state index in [4.69, 9.17) is 4.74 Å². The van der Waals surface area contributed by atoms with Crippen LogP contribution in [0, 0.1) is 0 Å². The molecule has 0 bridgehead atoms. The van der Waals surface area contributed by atoms with Crippen molar-refractivity contribution in [1.82, 2.24) is 20.6 Å². The zero-order chi connectivity index (χ0) is 39.4. The maximum atomic E-state index is 13.8. The smallest absolute Gasteiger partial charge is 0.329 e. The number of aliphatic hydroxyl groups is 1. The van der Waals surface area contributed by atoms with Crippen molar-refractivity contribution in [3.8, 4) is 28.3 Å². The molecule has 288 valence electrons. The Morgan fingerprint density at radius 2 is 1.44 bits per heavy atom. The molecule has 0 aliphatic carbocycles. The number of rotatable bonds is 18. The summed E-state index contributed by atoms with van der Waals surface area (Å²) in [6.07, 6.45) is 8.04. The maximum absolute atomic E-state index is 13.8. The maximum Gasteiger partial charge on any atom is 0.329 e. The van der Waals surface area contributed by atoms with E-state index >= 15 is 0 Å². The summed E-state index contributed by atoms with van der Waals surface area (Å²) in [5.41, 5.74) is 3.48. The average Bonchev–Trinajstić information content (AvgIpc) is 3.71. The number of hydrogen-bond donors (Lipinski definition) is 4. The number of aromatic nitrogens is 2. The van der Waals surface area contributed by atoms with E-state index in [1.54, 1.807) is 48.8 Å². The molecular weight excluding hydrogens is 713 g/mol. The van der Waals surface area contributed by atoms with Crippen LogP contribution in [-0.2, 0) is 21.4 Å². The molecule has 2 aromatic heterocycles. The van der Waals surface area contributed by atoms with Gasteiger partial charge in [-0.05, 0) is 52.8 Å². The first kappa shape index (κ1) is 40.8. The van der Waals surface area contributed by atoms with Gasteiger partial charge in [-0.2, -0.15) is 0 Å². The number of carbonyl (C=O) groups is 3. The summed E-state index contributed by atoms with van der Waals surface area (Å²) < 4.78 is 5.90. The van der Waals surface area contributed by atoms with Gasteiger partial charge in [-0.3, -0.25) is 9.59 Å². The van der Waals surface area contributed by atoms with Gasteiger partial charge in [0.05, 0.1) is 11.5 Å². The minimum Gasteiger partial charge on any atom is -0.494 e. The summed E-state index contributed by atoms with van der Waals surface area (Å²) in [5, 5.41) is 26.2. The molecule has 11 heteroatoms. The van der Waals surface area contributed by atoms with Gasteiger partial charge in [-0.25, -0.2) is 14.8 Å². The van der Waals surface area contributed by atoms with Crippen LogP contribution in [-0.4, -0.2) is 56.7 Å². The highest BCUT2D eigenvalue weighted by molar-refractivity contribution is 7.14. The van der Waals surface area contributed by atoms with Gasteiger partial charge >= 0.3 is 5.97 Å². The molecule has 55 heavy (non-hydrogen) atoms. The highest BCUT2D eigenvalue weighted by Gasteiger charge is 2.33.